The monoisotopic (exact) mass is 314 g/mol. The molecule has 20 heavy (non-hydrogen) atoms. The Hall–Kier alpha value is -1.83. The number of aromatic hydroxyl groups is 1. The summed E-state index contributed by atoms with van der Waals surface area (Å²) in [5.74, 6) is -0.00491. The highest BCUT2D eigenvalue weighted by molar-refractivity contribution is 7.89. The van der Waals surface area contributed by atoms with Gasteiger partial charge in [0, 0.05) is 18.3 Å². The minimum Gasteiger partial charge on any atom is -0.508 e. The zero-order valence-corrected chi connectivity index (χ0v) is 11.7. The van der Waals surface area contributed by atoms with E-state index >= 15 is 0 Å². The largest absolute Gasteiger partial charge is 0.508 e. The molecule has 0 unspecified atom stereocenters. The van der Waals surface area contributed by atoms with Gasteiger partial charge in [0.25, 0.3) is 5.56 Å². The molecule has 6 nitrogen and oxygen atoms in total. The SMILES string of the molecule is O=c1[nH]cc(S(=O)(=O)NCc2ccccc2O)cc1Cl. The molecule has 1 aromatic carbocycles. The van der Waals surface area contributed by atoms with Crippen LogP contribution in [0.2, 0.25) is 5.02 Å². The Balaban J connectivity index is 2.21. The molecular weight excluding hydrogens is 304 g/mol. The van der Waals surface area contributed by atoms with Gasteiger partial charge in [-0.15, -0.1) is 0 Å². The number of phenols is 1. The summed E-state index contributed by atoms with van der Waals surface area (Å²) in [5, 5.41) is 9.34. The number of H-pyrrole nitrogens is 1. The molecule has 1 aromatic heterocycles. The van der Waals surface area contributed by atoms with Crippen LogP contribution in [0.3, 0.4) is 0 Å². The van der Waals surface area contributed by atoms with Gasteiger partial charge < -0.3 is 10.1 Å². The Bertz CT molecular complexity index is 786. The molecule has 0 aliphatic heterocycles. The van der Waals surface area contributed by atoms with Crippen molar-refractivity contribution in [2.45, 2.75) is 11.4 Å². The third-order valence-electron chi connectivity index (χ3n) is 2.59. The van der Waals surface area contributed by atoms with Crippen LogP contribution in [0.15, 0.2) is 46.2 Å². The number of rotatable bonds is 4. The summed E-state index contributed by atoms with van der Waals surface area (Å²) in [5.41, 5.74) is -0.127. The maximum absolute atomic E-state index is 12.0. The normalized spacial score (nSPS) is 11.4. The minimum absolute atomic E-state index is 0.00491. The van der Waals surface area contributed by atoms with Crippen molar-refractivity contribution in [2.24, 2.45) is 0 Å². The van der Waals surface area contributed by atoms with E-state index in [4.69, 9.17) is 11.6 Å². The van der Waals surface area contributed by atoms with E-state index < -0.39 is 15.6 Å². The maximum atomic E-state index is 12.0. The van der Waals surface area contributed by atoms with Crippen molar-refractivity contribution < 1.29 is 13.5 Å². The third-order valence-corrected chi connectivity index (χ3v) is 4.25. The van der Waals surface area contributed by atoms with Gasteiger partial charge in [-0.3, -0.25) is 4.79 Å². The van der Waals surface area contributed by atoms with Gasteiger partial charge in [0.05, 0.1) is 4.90 Å². The number of benzene rings is 1. The van der Waals surface area contributed by atoms with Crippen LogP contribution in [0.5, 0.6) is 5.75 Å². The molecule has 0 saturated carbocycles. The average Bonchev–Trinajstić information content (AvgIpc) is 2.41. The zero-order chi connectivity index (χ0) is 14.8. The van der Waals surface area contributed by atoms with E-state index in [9.17, 15) is 18.3 Å². The topological polar surface area (TPSA) is 99.3 Å². The molecule has 1 heterocycles. The number of sulfonamides is 1. The molecule has 8 heteroatoms. The summed E-state index contributed by atoms with van der Waals surface area (Å²) in [6.07, 6.45) is 1.06. The van der Waals surface area contributed by atoms with Gasteiger partial charge in [-0.1, -0.05) is 29.8 Å². The summed E-state index contributed by atoms with van der Waals surface area (Å²) in [7, 11) is -3.83. The number of hydrogen-bond acceptors (Lipinski definition) is 4. The highest BCUT2D eigenvalue weighted by atomic mass is 35.5. The summed E-state index contributed by atoms with van der Waals surface area (Å²) in [6, 6.07) is 7.43. The van der Waals surface area contributed by atoms with Crippen LogP contribution in [0, 0.1) is 0 Å². The molecule has 0 fully saturated rings. The molecule has 0 radical (unpaired) electrons. The second-order valence-electron chi connectivity index (χ2n) is 3.97. The molecule has 0 spiro atoms. The lowest BCUT2D eigenvalue weighted by atomic mass is 10.2. The van der Waals surface area contributed by atoms with E-state index in [0.717, 1.165) is 12.3 Å². The van der Waals surface area contributed by atoms with E-state index in [2.05, 4.69) is 9.71 Å². The van der Waals surface area contributed by atoms with Crippen molar-refractivity contribution in [3.05, 3.63) is 57.5 Å². The van der Waals surface area contributed by atoms with Gasteiger partial charge >= 0.3 is 0 Å². The number of hydrogen-bond donors (Lipinski definition) is 3. The van der Waals surface area contributed by atoms with Crippen molar-refractivity contribution in [3.8, 4) is 5.75 Å². The van der Waals surface area contributed by atoms with Gasteiger partial charge in [0.2, 0.25) is 10.0 Å². The van der Waals surface area contributed by atoms with Crippen LogP contribution < -0.4 is 10.3 Å². The van der Waals surface area contributed by atoms with E-state index in [1.165, 1.54) is 6.07 Å². The van der Waals surface area contributed by atoms with E-state index in [-0.39, 0.29) is 22.2 Å². The lowest BCUT2D eigenvalue weighted by molar-refractivity contribution is 0.467. The standard InChI is InChI=1S/C12H11ClN2O4S/c13-10-5-9(7-14-12(10)17)20(18,19)15-6-8-3-1-2-4-11(8)16/h1-5,7,15-16H,6H2,(H,14,17). The molecule has 3 N–H and O–H groups in total. The fourth-order valence-electron chi connectivity index (χ4n) is 1.51. The van der Waals surface area contributed by atoms with Crippen molar-refractivity contribution in [2.75, 3.05) is 0 Å². The number of phenolic OH excluding ortho intramolecular Hbond substituents is 1. The first-order valence-electron chi connectivity index (χ1n) is 5.55. The molecule has 0 aliphatic rings. The first-order chi connectivity index (χ1) is 9.40. The molecule has 0 amide bonds. The van der Waals surface area contributed by atoms with E-state index in [1.807, 2.05) is 0 Å². The number of aromatic nitrogens is 1. The van der Waals surface area contributed by atoms with Crippen molar-refractivity contribution in [1.82, 2.24) is 9.71 Å². The summed E-state index contributed by atoms with van der Waals surface area (Å²) >= 11 is 5.59. The fourth-order valence-corrected chi connectivity index (χ4v) is 2.75. The molecular formula is C12H11ClN2O4S. The highest BCUT2D eigenvalue weighted by Crippen LogP contribution is 2.16. The van der Waals surface area contributed by atoms with E-state index in [0.29, 0.717) is 5.56 Å². The first kappa shape index (κ1) is 14.6. The molecule has 0 saturated heterocycles. The van der Waals surface area contributed by atoms with Crippen LogP contribution in [0.1, 0.15) is 5.56 Å². The summed E-state index contributed by atoms with van der Waals surface area (Å²) in [6.45, 7) is -0.0776. The molecule has 2 rings (SSSR count). The third kappa shape index (κ3) is 3.19. The summed E-state index contributed by atoms with van der Waals surface area (Å²) in [4.78, 5) is 13.2. The van der Waals surface area contributed by atoms with Gasteiger partial charge in [-0.25, -0.2) is 13.1 Å². The lowest BCUT2D eigenvalue weighted by Gasteiger charge is -2.08. The Morgan fingerprint density at radius 3 is 2.65 bits per heavy atom. The fraction of sp³-hybridized carbons (Fsp3) is 0.0833. The van der Waals surface area contributed by atoms with E-state index in [1.54, 1.807) is 18.2 Å². The van der Waals surface area contributed by atoms with Crippen LogP contribution in [-0.2, 0) is 16.6 Å². The Morgan fingerprint density at radius 1 is 1.30 bits per heavy atom. The number of para-hydroxylation sites is 1. The molecule has 2 aromatic rings. The Labute approximate surface area is 120 Å². The van der Waals surface area contributed by atoms with Crippen molar-refractivity contribution in [3.63, 3.8) is 0 Å². The van der Waals surface area contributed by atoms with Gasteiger partial charge in [0.15, 0.2) is 0 Å². The van der Waals surface area contributed by atoms with Gasteiger partial charge in [-0.05, 0) is 12.1 Å². The second-order valence-corrected chi connectivity index (χ2v) is 6.14. The molecule has 0 atom stereocenters. The molecule has 106 valence electrons. The maximum Gasteiger partial charge on any atom is 0.266 e. The smallest absolute Gasteiger partial charge is 0.266 e. The van der Waals surface area contributed by atoms with Crippen LogP contribution in [-0.4, -0.2) is 18.5 Å². The molecule has 0 aliphatic carbocycles. The Kier molecular flexibility index (Phi) is 4.12. The quantitative estimate of drug-likeness (QED) is 0.790. The van der Waals surface area contributed by atoms with Gasteiger partial charge in [0.1, 0.15) is 10.8 Å². The highest BCUT2D eigenvalue weighted by Gasteiger charge is 2.16. The zero-order valence-electron chi connectivity index (χ0n) is 10.1. The van der Waals surface area contributed by atoms with Crippen molar-refractivity contribution in [1.29, 1.82) is 0 Å². The second kappa shape index (κ2) is 5.66. The van der Waals surface area contributed by atoms with Crippen LogP contribution in [0.4, 0.5) is 0 Å². The van der Waals surface area contributed by atoms with Crippen LogP contribution in [0.25, 0.3) is 0 Å². The molecule has 0 bridgehead atoms. The van der Waals surface area contributed by atoms with Gasteiger partial charge in [-0.2, -0.15) is 0 Å². The van der Waals surface area contributed by atoms with Crippen molar-refractivity contribution >= 4 is 21.6 Å². The lowest BCUT2D eigenvalue weighted by Crippen LogP contribution is -2.24. The first-order valence-corrected chi connectivity index (χ1v) is 7.41. The number of aromatic amines is 1. The predicted molar refractivity (Wildman–Crippen MR) is 74.2 cm³/mol. The average molecular weight is 315 g/mol. The Morgan fingerprint density at radius 2 is 2.00 bits per heavy atom. The predicted octanol–water partition coefficient (Wildman–Crippen LogP) is 1.21. The number of pyridine rings is 1. The minimum atomic E-state index is -3.83. The van der Waals surface area contributed by atoms with Crippen LogP contribution >= 0.6 is 11.6 Å². The number of halogens is 1. The number of nitrogens with one attached hydrogen (secondary N) is 2. The summed E-state index contributed by atoms with van der Waals surface area (Å²) < 4.78 is 26.3.